The van der Waals surface area contributed by atoms with Crippen molar-refractivity contribution in [2.24, 2.45) is 7.05 Å². The number of benzene rings is 1. The summed E-state index contributed by atoms with van der Waals surface area (Å²) in [5.41, 5.74) is 7.98. The normalized spacial score (nSPS) is 10.5. The van der Waals surface area contributed by atoms with Crippen molar-refractivity contribution in [3.05, 3.63) is 47.5 Å². The highest BCUT2D eigenvalue weighted by Gasteiger charge is 2.16. The zero-order chi connectivity index (χ0) is 14.0. The van der Waals surface area contributed by atoms with Crippen LogP contribution in [-0.4, -0.2) is 27.4 Å². The number of nitrogens with zero attached hydrogens (tertiary/aromatic N) is 3. The lowest BCUT2D eigenvalue weighted by Gasteiger charge is -2.18. The van der Waals surface area contributed by atoms with Gasteiger partial charge in [0.15, 0.2) is 0 Å². The van der Waals surface area contributed by atoms with Gasteiger partial charge in [-0.25, -0.2) is 4.98 Å². The molecular weight excluding hydrogens is 240 g/mol. The standard InChI is InChI=1S/C14H18N4O/c1-10-4-5-11(12(15)8-10)14(19)18(3)9-13-16-6-7-17(13)2/h4-8H,9,15H2,1-3H3. The number of anilines is 1. The van der Waals surface area contributed by atoms with Gasteiger partial charge in [-0.05, 0) is 24.6 Å². The van der Waals surface area contributed by atoms with E-state index in [9.17, 15) is 4.79 Å². The van der Waals surface area contributed by atoms with Gasteiger partial charge in [0.05, 0.1) is 12.1 Å². The molecule has 0 saturated carbocycles. The third kappa shape index (κ3) is 2.76. The van der Waals surface area contributed by atoms with Crippen LogP contribution in [0.3, 0.4) is 0 Å². The quantitative estimate of drug-likeness (QED) is 0.850. The molecule has 5 nitrogen and oxygen atoms in total. The zero-order valence-corrected chi connectivity index (χ0v) is 11.4. The minimum Gasteiger partial charge on any atom is -0.398 e. The molecule has 0 unspecified atom stereocenters. The van der Waals surface area contributed by atoms with Crippen LogP contribution in [0.1, 0.15) is 21.7 Å². The van der Waals surface area contributed by atoms with Crippen LogP contribution in [0.4, 0.5) is 5.69 Å². The van der Waals surface area contributed by atoms with Gasteiger partial charge >= 0.3 is 0 Å². The Balaban J connectivity index is 2.17. The van der Waals surface area contributed by atoms with Gasteiger partial charge < -0.3 is 15.2 Å². The Bertz CT molecular complexity index is 603. The van der Waals surface area contributed by atoms with Crippen molar-refractivity contribution in [2.75, 3.05) is 12.8 Å². The van der Waals surface area contributed by atoms with Crippen LogP contribution in [0, 0.1) is 6.92 Å². The summed E-state index contributed by atoms with van der Waals surface area (Å²) in [6, 6.07) is 5.46. The first-order chi connectivity index (χ1) is 8.99. The van der Waals surface area contributed by atoms with Gasteiger partial charge in [-0.2, -0.15) is 0 Å². The number of hydrogen-bond donors (Lipinski definition) is 1. The van der Waals surface area contributed by atoms with Crippen LogP contribution >= 0.6 is 0 Å². The topological polar surface area (TPSA) is 64.2 Å². The summed E-state index contributed by atoms with van der Waals surface area (Å²) in [7, 11) is 3.65. The van der Waals surface area contributed by atoms with Crippen molar-refractivity contribution in [1.29, 1.82) is 0 Å². The van der Waals surface area contributed by atoms with Gasteiger partial charge in [0.1, 0.15) is 5.82 Å². The number of aryl methyl sites for hydroxylation is 2. The molecule has 5 heteroatoms. The van der Waals surface area contributed by atoms with Crippen LogP contribution in [-0.2, 0) is 13.6 Å². The lowest BCUT2D eigenvalue weighted by molar-refractivity contribution is 0.0781. The Morgan fingerprint density at radius 3 is 2.79 bits per heavy atom. The first-order valence-corrected chi connectivity index (χ1v) is 6.07. The van der Waals surface area contributed by atoms with Crippen LogP contribution in [0.25, 0.3) is 0 Å². The fraction of sp³-hybridized carbons (Fsp3) is 0.286. The fourth-order valence-electron chi connectivity index (χ4n) is 1.92. The average Bonchev–Trinajstić information content (AvgIpc) is 2.74. The van der Waals surface area contributed by atoms with Gasteiger partial charge in [0, 0.05) is 32.2 Å². The number of nitrogen functional groups attached to an aromatic ring is 1. The predicted octanol–water partition coefficient (Wildman–Crippen LogP) is 1.58. The van der Waals surface area contributed by atoms with E-state index in [1.54, 1.807) is 24.2 Å². The number of rotatable bonds is 3. The zero-order valence-electron chi connectivity index (χ0n) is 11.4. The molecule has 2 aromatic rings. The minimum atomic E-state index is -0.0968. The molecule has 100 valence electrons. The van der Waals surface area contributed by atoms with Crippen molar-refractivity contribution in [2.45, 2.75) is 13.5 Å². The molecule has 0 fully saturated rings. The monoisotopic (exact) mass is 258 g/mol. The molecule has 1 aromatic heterocycles. The Kier molecular flexibility index (Phi) is 3.55. The molecule has 0 atom stereocenters. The maximum Gasteiger partial charge on any atom is 0.256 e. The van der Waals surface area contributed by atoms with E-state index in [0.717, 1.165) is 11.4 Å². The molecule has 0 spiro atoms. The molecule has 0 aliphatic heterocycles. The molecule has 2 N–H and O–H groups in total. The van der Waals surface area contributed by atoms with Crippen molar-refractivity contribution in [3.8, 4) is 0 Å². The van der Waals surface area contributed by atoms with Crippen molar-refractivity contribution in [1.82, 2.24) is 14.5 Å². The minimum absolute atomic E-state index is 0.0968. The number of amides is 1. The smallest absolute Gasteiger partial charge is 0.256 e. The molecule has 0 radical (unpaired) electrons. The lowest BCUT2D eigenvalue weighted by Crippen LogP contribution is -2.28. The van der Waals surface area contributed by atoms with E-state index in [-0.39, 0.29) is 5.91 Å². The summed E-state index contributed by atoms with van der Waals surface area (Å²) in [6.45, 7) is 2.40. The second kappa shape index (κ2) is 5.14. The van der Waals surface area contributed by atoms with E-state index in [4.69, 9.17) is 5.73 Å². The maximum absolute atomic E-state index is 12.3. The summed E-state index contributed by atoms with van der Waals surface area (Å²) < 4.78 is 1.89. The number of hydrogen-bond acceptors (Lipinski definition) is 3. The number of nitrogens with two attached hydrogens (primary N) is 1. The van der Waals surface area contributed by atoms with Crippen LogP contribution in [0.15, 0.2) is 30.6 Å². The lowest BCUT2D eigenvalue weighted by atomic mass is 10.1. The number of imidazole rings is 1. The highest BCUT2D eigenvalue weighted by molar-refractivity contribution is 5.99. The van der Waals surface area contributed by atoms with E-state index < -0.39 is 0 Å². The van der Waals surface area contributed by atoms with Crippen molar-refractivity contribution < 1.29 is 4.79 Å². The molecular formula is C14H18N4O. The number of carbonyl (C=O) groups is 1. The first-order valence-electron chi connectivity index (χ1n) is 6.07. The van der Waals surface area contributed by atoms with Crippen molar-refractivity contribution >= 4 is 11.6 Å². The largest absolute Gasteiger partial charge is 0.398 e. The summed E-state index contributed by atoms with van der Waals surface area (Å²) in [5.74, 6) is 0.738. The SMILES string of the molecule is Cc1ccc(C(=O)N(C)Cc2nccn2C)c(N)c1. The molecule has 1 aromatic carbocycles. The summed E-state index contributed by atoms with van der Waals surface area (Å²) >= 11 is 0. The molecule has 0 aliphatic rings. The van der Waals surface area contributed by atoms with E-state index in [0.29, 0.717) is 17.8 Å². The molecule has 0 saturated heterocycles. The van der Waals surface area contributed by atoms with Gasteiger partial charge in [-0.1, -0.05) is 6.07 Å². The van der Waals surface area contributed by atoms with Gasteiger partial charge in [0.25, 0.3) is 5.91 Å². The number of carbonyl (C=O) groups excluding carboxylic acids is 1. The Morgan fingerprint density at radius 2 is 2.21 bits per heavy atom. The molecule has 0 aliphatic carbocycles. The molecule has 2 rings (SSSR count). The first kappa shape index (κ1) is 13.1. The fourth-order valence-corrected chi connectivity index (χ4v) is 1.92. The number of aromatic nitrogens is 2. The molecule has 19 heavy (non-hydrogen) atoms. The van der Waals surface area contributed by atoms with E-state index in [2.05, 4.69) is 4.98 Å². The molecule has 1 amide bonds. The van der Waals surface area contributed by atoms with Gasteiger partial charge in [-0.15, -0.1) is 0 Å². The molecule has 1 heterocycles. The Hall–Kier alpha value is -2.30. The van der Waals surface area contributed by atoms with E-state index in [1.165, 1.54) is 0 Å². The second-order valence-corrected chi connectivity index (χ2v) is 4.71. The highest BCUT2D eigenvalue weighted by atomic mass is 16.2. The van der Waals surface area contributed by atoms with Crippen LogP contribution < -0.4 is 5.73 Å². The Morgan fingerprint density at radius 1 is 1.47 bits per heavy atom. The van der Waals surface area contributed by atoms with Gasteiger partial charge in [-0.3, -0.25) is 4.79 Å². The third-order valence-corrected chi connectivity index (χ3v) is 3.08. The van der Waals surface area contributed by atoms with Crippen LogP contribution in [0.2, 0.25) is 0 Å². The summed E-state index contributed by atoms with van der Waals surface area (Å²) in [5, 5.41) is 0. The van der Waals surface area contributed by atoms with Crippen LogP contribution in [0.5, 0.6) is 0 Å². The second-order valence-electron chi connectivity index (χ2n) is 4.71. The summed E-state index contributed by atoms with van der Waals surface area (Å²) in [6.07, 6.45) is 3.57. The average molecular weight is 258 g/mol. The predicted molar refractivity (Wildman–Crippen MR) is 74.6 cm³/mol. The van der Waals surface area contributed by atoms with E-state index >= 15 is 0 Å². The Labute approximate surface area is 112 Å². The van der Waals surface area contributed by atoms with Crippen molar-refractivity contribution in [3.63, 3.8) is 0 Å². The highest BCUT2D eigenvalue weighted by Crippen LogP contribution is 2.16. The maximum atomic E-state index is 12.3. The van der Waals surface area contributed by atoms with Gasteiger partial charge in [0.2, 0.25) is 0 Å². The molecule has 0 bridgehead atoms. The summed E-state index contributed by atoms with van der Waals surface area (Å²) in [4.78, 5) is 18.1. The third-order valence-electron chi connectivity index (χ3n) is 3.08. The van der Waals surface area contributed by atoms with E-state index in [1.807, 2.05) is 36.9 Å².